The van der Waals surface area contributed by atoms with Crippen LogP contribution in [0.25, 0.3) is 0 Å². The highest BCUT2D eigenvalue weighted by Crippen LogP contribution is 2.30. The number of hydrogen-bond donors (Lipinski definition) is 1. The number of amides is 2. The van der Waals surface area contributed by atoms with Gasteiger partial charge in [0.1, 0.15) is 11.4 Å². The minimum atomic E-state index is -4.53. The van der Waals surface area contributed by atoms with Crippen LogP contribution < -0.4 is 10.1 Å². The predicted molar refractivity (Wildman–Crippen MR) is 97.9 cm³/mol. The van der Waals surface area contributed by atoms with Gasteiger partial charge in [-0.15, -0.1) is 0 Å². The number of hydrogen-bond acceptors (Lipinski definition) is 4. The number of aromatic nitrogens is 1. The molecule has 0 aliphatic rings. The number of carbonyl (C=O) groups excluding carboxylic acids is 2. The second-order valence-corrected chi connectivity index (χ2v) is 6.46. The lowest BCUT2D eigenvalue weighted by molar-refractivity contribution is -0.153. The molecule has 0 radical (unpaired) electrons. The number of benzene rings is 1. The second kappa shape index (κ2) is 8.47. The average molecular weight is 416 g/mol. The molecule has 0 fully saturated rings. The highest BCUT2D eigenvalue weighted by atomic mass is 35.5. The maximum absolute atomic E-state index is 12.5. The highest BCUT2D eigenvalue weighted by Gasteiger charge is 2.29. The van der Waals surface area contributed by atoms with E-state index in [9.17, 15) is 22.8 Å². The van der Waals surface area contributed by atoms with Gasteiger partial charge in [-0.2, -0.15) is 13.2 Å². The molecule has 1 heterocycles. The molecular formula is C18H17ClF3N3O3. The van der Waals surface area contributed by atoms with Gasteiger partial charge in [0.25, 0.3) is 11.8 Å². The highest BCUT2D eigenvalue weighted by molar-refractivity contribution is 6.31. The van der Waals surface area contributed by atoms with Crippen molar-refractivity contribution in [2.45, 2.75) is 13.1 Å². The summed E-state index contributed by atoms with van der Waals surface area (Å²) in [5, 5.41) is 2.67. The Balaban J connectivity index is 2.25. The van der Waals surface area contributed by atoms with Crippen LogP contribution in [-0.2, 0) is 0 Å². The fraction of sp³-hybridized carbons (Fsp3) is 0.278. The van der Waals surface area contributed by atoms with Gasteiger partial charge in [-0.3, -0.25) is 9.59 Å². The Morgan fingerprint density at radius 1 is 1.21 bits per heavy atom. The number of pyridine rings is 1. The van der Waals surface area contributed by atoms with Crippen LogP contribution in [0.3, 0.4) is 0 Å². The zero-order valence-electron chi connectivity index (χ0n) is 15.2. The van der Waals surface area contributed by atoms with Crippen molar-refractivity contribution in [3.8, 4) is 5.75 Å². The van der Waals surface area contributed by atoms with E-state index in [1.54, 1.807) is 21.0 Å². The number of nitrogens with zero attached hydrogens (tertiary/aromatic N) is 2. The molecule has 1 N–H and O–H groups in total. The molecule has 0 unspecified atom stereocenters. The van der Waals surface area contributed by atoms with Crippen LogP contribution in [0.4, 0.5) is 18.9 Å². The average Bonchev–Trinajstić information content (AvgIpc) is 2.59. The number of halogens is 4. The van der Waals surface area contributed by atoms with Crippen molar-refractivity contribution >= 4 is 29.1 Å². The van der Waals surface area contributed by atoms with Crippen LogP contribution in [0.1, 0.15) is 26.5 Å². The van der Waals surface area contributed by atoms with Gasteiger partial charge in [-0.1, -0.05) is 11.6 Å². The van der Waals surface area contributed by atoms with Gasteiger partial charge in [0.05, 0.1) is 16.9 Å². The summed E-state index contributed by atoms with van der Waals surface area (Å²) in [7, 11) is 3.14. The van der Waals surface area contributed by atoms with Crippen molar-refractivity contribution in [2.75, 3.05) is 26.0 Å². The third-order valence-electron chi connectivity index (χ3n) is 3.54. The lowest BCUT2D eigenvalue weighted by Crippen LogP contribution is -2.24. The van der Waals surface area contributed by atoms with Gasteiger partial charge in [0.15, 0.2) is 6.61 Å². The van der Waals surface area contributed by atoms with E-state index in [1.807, 2.05) is 0 Å². The van der Waals surface area contributed by atoms with Crippen molar-refractivity contribution in [1.29, 1.82) is 0 Å². The van der Waals surface area contributed by atoms with Gasteiger partial charge in [-0.25, -0.2) is 4.98 Å². The van der Waals surface area contributed by atoms with Crippen LogP contribution in [0, 0.1) is 6.92 Å². The maximum Gasteiger partial charge on any atom is 0.422 e. The van der Waals surface area contributed by atoms with Gasteiger partial charge in [0, 0.05) is 19.1 Å². The number of anilines is 1. The second-order valence-electron chi connectivity index (χ2n) is 6.03. The first kappa shape index (κ1) is 21.5. The summed E-state index contributed by atoms with van der Waals surface area (Å²) >= 11 is 5.87. The SMILES string of the molecule is Cc1nc(C(=O)N(C)C)ccc1C(=O)Nc1cc(Cl)ccc1OCC(F)(F)F. The molecule has 2 rings (SSSR count). The van der Waals surface area contributed by atoms with Crippen molar-refractivity contribution in [3.63, 3.8) is 0 Å². The minimum Gasteiger partial charge on any atom is -0.482 e. The number of aryl methyl sites for hydroxylation is 1. The van der Waals surface area contributed by atoms with Gasteiger partial charge in [-0.05, 0) is 37.3 Å². The van der Waals surface area contributed by atoms with Gasteiger partial charge >= 0.3 is 6.18 Å². The predicted octanol–water partition coefficient (Wildman–Crippen LogP) is 3.94. The number of alkyl halides is 3. The number of carbonyl (C=O) groups is 2. The van der Waals surface area contributed by atoms with E-state index in [-0.39, 0.29) is 39.3 Å². The molecule has 1 aromatic heterocycles. The number of ether oxygens (including phenoxy) is 1. The standard InChI is InChI=1S/C18H17ClF3N3O3/c1-10-12(5-6-13(23-10)17(27)25(2)3)16(26)24-14-8-11(19)4-7-15(14)28-9-18(20,21)22/h4-8H,9H2,1-3H3,(H,24,26). The Bertz CT molecular complexity index is 901. The number of nitrogens with one attached hydrogen (secondary N) is 1. The molecule has 0 aliphatic heterocycles. The largest absolute Gasteiger partial charge is 0.482 e. The molecular weight excluding hydrogens is 399 g/mol. The van der Waals surface area contributed by atoms with Crippen LogP contribution in [0.5, 0.6) is 5.75 Å². The monoisotopic (exact) mass is 415 g/mol. The summed E-state index contributed by atoms with van der Waals surface area (Å²) in [5.74, 6) is -1.14. The smallest absolute Gasteiger partial charge is 0.422 e. The van der Waals surface area contributed by atoms with Crippen LogP contribution in [0.15, 0.2) is 30.3 Å². The Labute approximate surface area is 164 Å². The van der Waals surface area contributed by atoms with Crippen molar-refractivity contribution in [1.82, 2.24) is 9.88 Å². The summed E-state index contributed by atoms with van der Waals surface area (Å²) in [6.07, 6.45) is -4.53. The third-order valence-corrected chi connectivity index (χ3v) is 3.77. The van der Waals surface area contributed by atoms with Gasteiger partial charge < -0.3 is 15.0 Å². The molecule has 150 valence electrons. The molecule has 10 heteroatoms. The van der Waals surface area contributed by atoms with Crippen LogP contribution >= 0.6 is 11.6 Å². The number of rotatable bonds is 5. The quantitative estimate of drug-likeness (QED) is 0.803. The Kier molecular flexibility index (Phi) is 6.50. The molecule has 0 atom stereocenters. The van der Waals surface area contributed by atoms with Crippen molar-refractivity contribution in [3.05, 3.63) is 52.3 Å². The molecule has 0 bridgehead atoms. The van der Waals surface area contributed by atoms with Crippen LogP contribution in [-0.4, -0.2) is 48.6 Å². The first-order valence-corrected chi connectivity index (χ1v) is 8.35. The normalized spacial score (nSPS) is 11.1. The summed E-state index contributed by atoms with van der Waals surface area (Å²) in [6.45, 7) is 0.0276. The van der Waals surface area contributed by atoms with E-state index in [4.69, 9.17) is 16.3 Å². The molecule has 6 nitrogen and oxygen atoms in total. The summed E-state index contributed by atoms with van der Waals surface area (Å²) in [4.78, 5) is 29.9. The Morgan fingerprint density at radius 3 is 2.46 bits per heavy atom. The van der Waals surface area contributed by atoms with E-state index in [0.717, 1.165) is 0 Å². The zero-order valence-corrected chi connectivity index (χ0v) is 16.0. The first-order valence-electron chi connectivity index (χ1n) is 7.97. The molecule has 28 heavy (non-hydrogen) atoms. The van der Waals surface area contributed by atoms with Gasteiger partial charge in [0.2, 0.25) is 0 Å². The van der Waals surface area contributed by atoms with E-state index < -0.39 is 18.7 Å². The minimum absolute atomic E-state index is 0.0189. The first-order chi connectivity index (χ1) is 13.0. The fourth-order valence-electron chi connectivity index (χ4n) is 2.22. The summed E-state index contributed by atoms with van der Waals surface area (Å²) in [6, 6.07) is 6.65. The third kappa shape index (κ3) is 5.59. The van der Waals surface area contributed by atoms with Crippen molar-refractivity contribution < 1.29 is 27.5 Å². The fourth-order valence-corrected chi connectivity index (χ4v) is 2.40. The molecule has 0 aliphatic carbocycles. The van der Waals surface area contributed by atoms with E-state index in [1.165, 1.54) is 35.2 Å². The molecule has 0 saturated heterocycles. The van der Waals surface area contributed by atoms with Crippen LogP contribution in [0.2, 0.25) is 5.02 Å². The molecule has 0 saturated carbocycles. The topological polar surface area (TPSA) is 71.5 Å². The summed E-state index contributed by atoms with van der Waals surface area (Å²) in [5.41, 5.74) is 0.577. The summed E-state index contributed by atoms with van der Waals surface area (Å²) < 4.78 is 42.0. The van der Waals surface area contributed by atoms with E-state index >= 15 is 0 Å². The lowest BCUT2D eigenvalue weighted by atomic mass is 10.1. The Hall–Kier alpha value is -2.81. The Morgan fingerprint density at radius 2 is 1.89 bits per heavy atom. The molecule has 1 aromatic carbocycles. The zero-order chi connectivity index (χ0) is 21.1. The molecule has 2 amide bonds. The lowest BCUT2D eigenvalue weighted by Gasteiger charge is -2.15. The molecule has 0 spiro atoms. The molecule has 2 aromatic rings. The van der Waals surface area contributed by atoms with Crippen molar-refractivity contribution in [2.24, 2.45) is 0 Å². The van der Waals surface area contributed by atoms with E-state index in [0.29, 0.717) is 0 Å². The maximum atomic E-state index is 12.5. The van der Waals surface area contributed by atoms with E-state index in [2.05, 4.69) is 10.3 Å².